The first-order chi connectivity index (χ1) is 8.58. The summed E-state index contributed by atoms with van der Waals surface area (Å²) in [5, 5.41) is 9.96. The van der Waals surface area contributed by atoms with Gasteiger partial charge in [0.25, 0.3) is 0 Å². The molecule has 0 aliphatic carbocycles. The van der Waals surface area contributed by atoms with Gasteiger partial charge in [-0.25, -0.2) is 0 Å². The number of pyridine rings is 1. The fourth-order valence-corrected chi connectivity index (χ4v) is 2.91. The van der Waals surface area contributed by atoms with Crippen LogP contribution in [0.1, 0.15) is 25.6 Å². The predicted molar refractivity (Wildman–Crippen MR) is 74.2 cm³/mol. The molecule has 0 spiro atoms. The summed E-state index contributed by atoms with van der Waals surface area (Å²) in [7, 11) is 0. The van der Waals surface area contributed by atoms with Gasteiger partial charge in [-0.1, -0.05) is 35.0 Å². The Hall–Kier alpha value is -0.780. The minimum Gasteiger partial charge on any atom is -0.306 e. The van der Waals surface area contributed by atoms with Gasteiger partial charge >= 0.3 is 0 Å². The molecule has 0 N–H and O–H groups in total. The highest BCUT2D eigenvalue weighted by atomic mass is 35.5. The Balaban J connectivity index is 2.09. The van der Waals surface area contributed by atoms with Crippen LogP contribution in [0.3, 0.4) is 0 Å². The molecule has 0 saturated carbocycles. The minimum atomic E-state index is 0.330. The van der Waals surface area contributed by atoms with Gasteiger partial charge in [0.1, 0.15) is 6.33 Å². The van der Waals surface area contributed by atoms with Crippen LogP contribution in [0.15, 0.2) is 23.7 Å². The predicted octanol–water partition coefficient (Wildman–Crippen LogP) is 3.85. The quantitative estimate of drug-likeness (QED) is 0.805. The van der Waals surface area contributed by atoms with Crippen molar-refractivity contribution in [2.45, 2.75) is 30.8 Å². The third kappa shape index (κ3) is 3.16. The molecule has 0 amide bonds. The van der Waals surface area contributed by atoms with E-state index in [0.717, 1.165) is 10.9 Å². The first kappa shape index (κ1) is 13.6. The van der Waals surface area contributed by atoms with Gasteiger partial charge < -0.3 is 4.57 Å². The van der Waals surface area contributed by atoms with Gasteiger partial charge in [-0.05, 0) is 19.9 Å². The normalized spacial score (nSPS) is 11.2. The molecule has 0 atom stereocenters. The second kappa shape index (κ2) is 5.91. The molecule has 0 aliphatic rings. The molecule has 0 saturated heterocycles. The zero-order valence-corrected chi connectivity index (χ0v) is 12.3. The lowest BCUT2D eigenvalue weighted by atomic mass is 10.4. The van der Waals surface area contributed by atoms with Gasteiger partial charge in [-0.15, -0.1) is 10.2 Å². The van der Waals surface area contributed by atoms with Crippen molar-refractivity contribution in [2.24, 2.45) is 0 Å². The molecule has 2 rings (SSSR count). The van der Waals surface area contributed by atoms with Crippen LogP contribution in [0, 0.1) is 0 Å². The van der Waals surface area contributed by atoms with E-state index in [0.29, 0.717) is 21.8 Å². The number of rotatable bonds is 4. The summed E-state index contributed by atoms with van der Waals surface area (Å²) in [5.41, 5.74) is 0.796. The molecule has 2 aromatic rings. The molecule has 2 aromatic heterocycles. The fraction of sp³-hybridized carbons (Fsp3) is 0.364. The lowest BCUT2D eigenvalue weighted by Gasteiger charge is -2.09. The van der Waals surface area contributed by atoms with Crippen LogP contribution in [0.25, 0.3) is 0 Å². The Morgan fingerprint density at radius 1 is 1.39 bits per heavy atom. The molecule has 0 radical (unpaired) electrons. The number of halogens is 2. The SMILES string of the molecule is CC(C)n1cnnc1SCc1ncc(Cl)cc1Cl. The minimum absolute atomic E-state index is 0.330. The van der Waals surface area contributed by atoms with Crippen molar-refractivity contribution >= 4 is 35.0 Å². The third-order valence-electron chi connectivity index (χ3n) is 2.32. The van der Waals surface area contributed by atoms with E-state index in [9.17, 15) is 0 Å². The molecule has 0 unspecified atom stereocenters. The highest BCUT2D eigenvalue weighted by Gasteiger charge is 2.10. The van der Waals surface area contributed by atoms with Crippen molar-refractivity contribution < 1.29 is 0 Å². The van der Waals surface area contributed by atoms with Crippen LogP contribution in [-0.4, -0.2) is 19.7 Å². The van der Waals surface area contributed by atoms with E-state index in [2.05, 4.69) is 29.0 Å². The topological polar surface area (TPSA) is 43.6 Å². The summed E-state index contributed by atoms with van der Waals surface area (Å²) in [4.78, 5) is 4.21. The van der Waals surface area contributed by atoms with Crippen LogP contribution >= 0.6 is 35.0 Å². The van der Waals surface area contributed by atoms with Crippen LogP contribution in [0.5, 0.6) is 0 Å². The van der Waals surface area contributed by atoms with E-state index in [1.807, 2.05) is 4.57 Å². The summed E-state index contributed by atoms with van der Waals surface area (Å²) in [6.45, 7) is 4.17. The Morgan fingerprint density at radius 2 is 2.17 bits per heavy atom. The standard InChI is InChI=1S/C11H12Cl2N4S/c1-7(2)17-6-15-16-11(17)18-5-10-9(13)3-8(12)4-14-10/h3-4,6-7H,5H2,1-2H3. The van der Waals surface area contributed by atoms with E-state index < -0.39 is 0 Å². The largest absolute Gasteiger partial charge is 0.306 e. The molecule has 0 fully saturated rings. The summed E-state index contributed by atoms with van der Waals surface area (Å²) < 4.78 is 2.01. The summed E-state index contributed by atoms with van der Waals surface area (Å²) in [5.74, 6) is 0.640. The van der Waals surface area contributed by atoms with Crippen molar-refractivity contribution in [3.05, 3.63) is 34.3 Å². The Bertz CT molecular complexity index is 542. The van der Waals surface area contributed by atoms with Crippen LogP contribution in [0.4, 0.5) is 0 Å². The summed E-state index contributed by atoms with van der Waals surface area (Å²) in [6, 6.07) is 2.02. The molecule has 4 nitrogen and oxygen atoms in total. The van der Waals surface area contributed by atoms with Gasteiger partial charge in [0, 0.05) is 18.0 Å². The monoisotopic (exact) mass is 302 g/mol. The second-order valence-corrected chi connectivity index (χ2v) is 5.77. The Kier molecular flexibility index (Phi) is 4.48. The molecule has 7 heteroatoms. The van der Waals surface area contributed by atoms with E-state index in [1.165, 1.54) is 0 Å². The molecule has 96 valence electrons. The highest BCUT2D eigenvalue weighted by Crippen LogP contribution is 2.26. The van der Waals surface area contributed by atoms with Crippen molar-refractivity contribution in [1.82, 2.24) is 19.7 Å². The Labute approximate surface area is 120 Å². The number of nitrogens with zero attached hydrogens (tertiary/aromatic N) is 4. The maximum Gasteiger partial charge on any atom is 0.191 e. The van der Waals surface area contributed by atoms with Gasteiger partial charge in [-0.2, -0.15) is 0 Å². The molecule has 2 heterocycles. The van der Waals surface area contributed by atoms with E-state index in [-0.39, 0.29) is 0 Å². The lowest BCUT2D eigenvalue weighted by molar-refractivity contribution is 0.549. The lowest BCUT2D eigenvalue weighted by Crippen LogP contribution is -2.01. The van der Waals surface area contributed by atoms with E-state index in [1.54, 1.807) is 30.4 Å². The van der Waals surface area contributed by atoms with E-state index in [4.69, 9.17) is 23.2 Å². The van der Waals surface area contributed by atoms with Crippen LogP contribution in [0.2, 0.25) is 10.0 Å². The smallest absolute Gasteiger partial charge is 0.191 e. The van der Waals surface area contributed by atoms with Crippen molar-refractivity contribution in [1.29, 1.82) is 0 Å². The van der Waals surface area contributed by atoms with Gasteiger partial charge in [0.2, 0.25) is 0 Å². The van der Waals surface area contributed by atoms with Crippen molar-refractivity contribution in [3.63, 3.8) is 0 Å². The molecular weight excluding hydrogens is 291 g/mol. The summed E-state index contributed by atoms with van der Waals surface area (Å²) in [6.07, 6.45) is 3.32. The van der Waals surface area contributed by atoms with Crippen LogP contribution in [-0.2, 0) is 5.75 Å². The molecule has 0 bridgehead atoms. The average molecular weight is 303 g/mol. The molecule has 0 aliphatic heterocycles. The first-order valence-electron chi connectivity index (χ1n) is 5.40. The van der Waals surface area contributed by atoms with Gasteiger partial charge in [-0.3, -0.25) is 4.98 Å². The first-order valence-corrected chi connectivity index (χ1v) is 7.14. The Morgan fingerprint density at radius 3 is 2.83 bits per heavy atom. The zero-order valence-electron chi connectivity index (χ0n) is 9.97. The molecular formula is C11H12Cl2N4S. The van der Waals surface area contributed by atoms with Gasteiger partial charge in [0.15, 0.2) is 5.16 Å². The van der Waals surface area contributed by atoms with Crippen molar-refractivity contribution in [3.8, 4) is 0 Å². The average Bonchev–Trinajstić information content (AvgIpc) is 2.76. The molecule has 18 heavy (non-hydrogen) atoms. The van der Waals surface area contributed by atoms with Crippen molar-refractivity contribution in [2.75, 3.05) is 0 Å². The zero-order chi connectivity index (χ0) is 13.1. The maximum absolute atomic E-state index is 6.07. The van der Waals surface area contributed by atoms with E-state index >= 15 is 0 Å². The number of hydrogen-bond acceptors (Lipinski definition) is 4. The van der Waals surface area contributed by atoms with Crippen LogP contribution < -0.4 is 0 Å². The fourth-order valence-electron chi connectivity index (χ4n) is 1.37. The number of hydrogen-bond donors (Lipinski definition) is 0. The summed E-state index contributed by atoms with van der Waals surface area (Å²) >= 11 is 13.4. The number of thioether (sulfide) groups is 1. The second-order valence-electron chi connectivity index (χ2n) is 3.99. The van der Waals surface area contributed by atoms with Gasteiger partial charge in [0.05, 0.1) is 15.7 Å². The maximum atomic E-state index is 6.07. The third-order valence-corrected chi connectivity index (χ3v) is 3.82. The molecule has 0 aromatic carbocycles. The number of aromatic nitrogens is 4. The highest BCUT2D eigenvalue weighted by molar-refractivity contribution is 7.98.